The van der Waals surface area contributed by atoms with E-state index in [-0.39, 0.29) is 17.3 Å². The molecule has 1 aliphatic heterocycles. The zero-order valence-electron chi connectivity index (χ0n) is 19.9. The molecule has 7 heteroatoms. The first kappa shape index (κ1) is 24.2. The highest BCUT2D eigenvalue weighted by Gasteiger charge is 2.25. The van der Waals surface area contributed by atoms with E-state index >= 15 is 0 Å². The molecule has 0 N–H and O–H groups in total. The van der Waals surface area contributed by atoms with E-state index in [9.17, 15) is 14.4 Å². The van der Waals surface area contributed by atoms with Gasteiger partial charge in [0.25, 0.3) is 0 Å². The number of Topliss-reactive ketones (excluding diaryl/α,β-unsaturated/α-hetero) is 2. The van der Waals surface area contributed by atoms with Gasteiger partial charge < -0.3 is 4.84 Å². The molecule has 2 heterocycles. The maximum absolute atomic E-state index is 13.2. The van der Waals surface area contributed by atoms with Gasteiger partial charge in [-0.1, -0.05) is 48.5 Å². The van der Waals surface area contributed by atoms with Crippen molar-refractivity contribution in [1.82, 2.24) is 0 Å². The molecule has 180 valence electrons. The minimum atomic E-state index is -0.556. The molecule has 1 aliphatic rings. The number of oxime groups is 1. The molecule has 0 saturated carbocycles. The summed E-state index contributed by atoms with van der Waals surface area (Å²) in [7, 11) is 0. The predicted molar refractivity (Wildman–Crippen MR) is 147 cm³/mol. The molecule has 1 aromatic heterocycles. The Balaban J connectivity index is 1.51. The van der Waals surface area contributed by atoms with Crippen LogP contribution >= 0.6 is 23.1 Å². The number of ketones is 2. The minimum absolute atomic E-state index is 0.0467. The van der Waals surface area contributed by atoms with E-state index in [0.29, 0.717) is 16.9 Å². The Morgan fingerprint density at radius 1 is 1.00 bits per heavy atom. The first-order chi connectivity index (χ1) is 17.4. The number of hydrogen-bond acceptors (Lipinski definition) is 7. The zero-order valence-corrected chi connectivity index (χ0v) is 21.5. The number of benzene rings is 3. The van der Waals surface area contributed by atoms with E-state index in [1.54, 1.807) is 17.4 Å². The van der Waals surface area contributed by atoms with Crippen LogP contribution in [0.2, 0.25) is 0 Å². The molecule has 0 aliphatic carbocycles. The number of fused-ring (bicyclic) bond motifs is 4. The quantitative estimate of drug-likeness (QED) is 0.0833. The van der Waals surface area contributed by atoms with Crippen LogP contribution in [0.15, 0.2) is 75.6 Å². The minimum Gasteiger partial charge on any atom is -0.318 e. The van der Waals surface area contributed by atoms with Crippen molar-refractivity contribution in [2.45, 2.75) is 38.0 Å². The number of nitrogens with zero attached hydrogens (tertiary/aromatic N) is 1. The Labute approximate surface area is 216 Å². The van der Waals surface area contributed by atoms with Gasteiger partial charge in [-0.25, -0.2) is 4.79 Å². The SMILES string of the molecule is CCCC/C(=N\OC(C)=O)C(=O)c1ccc2sc3ccc(/C=C4\Sc5ccccc5C4=O)cc3c2c1. The van der Waals surface area contributed by atoms with Crippen molar-refractivity contribution in [3.05, 3.63) is 82.3 Å². The molecule has 3 aromatic carbocycles. The van der Waals surface area contributed by atoms with Gasteiger partial charge in [-0.2, -0.15) is 0 Å². The number of carbonyl (C=O) groups excluding carboxylic acids is 3. The van der Waals surface area contributed by atoms with Gasteiger partial charge in [0.15, 0.2) is 0 Å². The van der Waals surface area contributed by atoms with Crippen LogP contribution in [0.25, 0.3) is 26.2 Å². The largest absolute Gasteiger partial charge is 0.331 e. The van der Waals surface area contributed by atoms with Crippen LogP contribution in [-0.4, -0.2) is 23.2 Å². The van der Waals surface area contributed by atoms with E-state index in [4.69, 9.17) is 4.84 Å². The van der Waals surface area contributed by atoms with E-state index in [1.165, 1.54) is 18.7 Å². The van der Waals surface area contributed by atoms with E-state index in [0.717, 1.165) is 49.0 Å². The molecular weight excluding hydrogens is 490 g/mol. The highest BCUT2D eigenvalue weighted by atomic mass is 32.2. The van der Waals surface area contributed by atoms with Crippen LogP contribution in [0.1, 0.15) is 59.4 Å². The smallest absolute Gasteiger partial charge is 0.318 e. The molecule has 0 fully saturated rings. The van der Waals surface area contributed by atoms with Gasteiger partial charge in [0.2, 0.25) is 11.6 Å². The average molecular weight is 514 g/mol. The molecule has 0 spiro atoms. The Morgan fingerprint density at radius 2 is 1.75 bits per heavy atom. The summed E-state index contributed by atoms with van der Waals surface area (Å²) in [5.41, 5.74) is 2.42. The molecule has 4 aromatic rings. The predicted octanol–water partition coefficient (Wildman–Crippen LogP) is 7.68. The van der Waals surface area contributed by atoms with Crippen molar-refractivity contribution in [2.24, 2.45) is 5.16 Å². The fourth-order valence-corrected chi connectivity index (χ4v) is 6.26. The summed E-state index contributed by atoms with van der Waals surface area (Å²) in [5, 5.41) is 5.84. The normalized spacial score (nSPS) is 14.6. The summed E-state index contributed by atoms with van der Waals surface area (Å²) in [4.78, 5) is 43.8. The Kier molecular flexibility index (Phi) is 6.85. The fourth-order valence-electron chi connectivity index (χ4n) is 4.14. The highest BCUT2D eigenvalue weighted by molar-refractivity contribution is 8.04. The van der Waals surface area contributed by atoms with Crippen LogP contribution in [0, 0.1) is 0 Å². The van der Waals surface area contributed by atoms with Gasteiger partial charge in [0.05, 0.1) is 4.91 Å². The molecule has 0 unspecified atom stereocenters. The standard InChI is InChI=1S/C29H23NO4S2/c1-3-4-8-23(30-34-17(2)31)28(32)19-11-13-26-22(16-19)21-14-18(10-12-25(21)35-26)15-27-29(33)20-7-5-6-9-24(20)36-27/h5-7,9-16H,3-4,8H2,1-2H3/b27-15-,30-23+. The number of carbonyl (C=O) groups is 3. The second-order valence-corrected chi connectivity index (χ2v) is 10.7. The third-order valence-corrected chi connectivity index (χ3v) is 8.19. The fraction of sp³-hybridized carbons (Fsp3) is 0.172. The van der Waals surface area contributed by atoms with Crippen LogP contribution in [0.5, 0.6) is 0 Å². The van der Waals surface area contributed by atoms with Crippen molar-refractivity contribution < 1.29 is 19.2 Å². The molecule has 0 bridgehead atoms. The van der Waals surface area contributed by atoms with Crippen LogP contribution in [0.3, 0.4) is 0 Å². The van der Waals surface area contributed by atoms with Crippen molar-refractivity contribution in [3.8, 4) is 0 Å². The number of hydrogen-bond donors (Lipinski definition) is 0. The maximum Gasteiger partial charge on any atom is 0.331 e. The van der Waals surface area contributed by atoms with Gasteiger partial charge in [0, 0.05) is 43.1 Å². The molecule has 0 amide bonds. The lowest BCUT2D eigenvalue weighted by atomic mass is 10.00. The summed E-state index contributed by atoms with van der Waals surface area (Å²) in [6.07, 6.45) is 4.04. The number of rotatable bonds is 7. The average Bonchev–Trinajstić information content (AvgIpc) is 3.40. The summed E-state index contributed by atoms with van der Waals surface area (Å²) in [5.74, 6) is -0.750. The van der Waals surface area contributed by atoms with E-state index in [1.807, 2.05) is 55.5 Å². The molecule has 36 heavy (non-hydrogen) atoms. The second kappa shape index (κ2) is 10.2. The lowest BCUT2D eigenvalue weighted by Crippen LogP contribution is -2.15. The zero-order chi connectivity index (χ0) is 25.2. The lowest BCUT2D eigenvalue weighted by molar-refractivity contribution is -0.140. The number of unbranched alkanes of at least 4 members (excludes halogenated alkanes) is 1. The molecule has 5 nitrogen and oxygen atoms in total. The number of allylic oxidation sites excluding steroid dienone is 1. The van der Waals surface area contributed by atoms with Crippen molar-refractivity contribution >= 4 is 72.6 Å². The second-order valence-electron chi connectivity index (χ2n) is 8.56. The number of thiophene rings is 1. The van der Waals surface area contributed by atoms with Crippen molar-refractivity contribution in [3.63, 3.8) is 0 Å². The Morgan fingerprint density at radius 3 is 2.50 bits per heavy atom. The monoisotopic (exact) mass is 513 g/mol. The topological polar surface area (TPSA) is 72.8 Å². The summed E-state index contributed by atoms with van der Waals surface area (Å²) >= 11 is 3.15. The van der Waals surface area contributed by atoms with Gasteiger partial charge >= 0.3 is 5.97 Å². The first-order valence-corrected chi connectivity index (χ1v) is 13.4. The summed E-state index contributed by atoms with van der Waals surface area (Å²) < 4.78 is 2.17. The van der Waals surface area contributed by atoms with Crippen LogP contribution in [0.4, 0.5) is 0 Å². The van der Waals surface area contributed by atoms with Crippen molar-refractivity contribution in [1.29, 1.82) is 0 Å². The van der Waals surface area contributed by atoms with Crippen LogP contribution in [-0.2, 0) is 9.63 Å². The lowest BCUT2D eigenvalue weighted by Gasteiger charge is -2.05. The van der Waals surface area contributed by atoms with Gasteiger partial charge in [-0.15, -0.1) is 11.3 Å². The molecule has 5 rings (SSSR count). The molecule has 0 saturated heterocycles. The van der Waals surface area contributed by atoms with Crippen molar-refractivity contribution in [2.75, 3.05) is 0 Å². The molecule has 0 atom stereocenters. The van der Waals surface area contributed by atoms with Gasteiger partial charge in [-0.05, 0) is 66.9 Å². The van der Waals surface area contributed by atoms with E-state index in [2.05, 4.69) is 17.3 Å². The van der Waals surface area contributed by atoms with E-state index < -0.39 is 5.97 Å². The van der Waals surface area contributed by atoms with Gasteiger partial charge in [-0.3, -0.25) is 9.59 Å². The maximum atomic E-state index is 13.2. The Bertz CT molecular complexity index is 1600. The third-order valence-electron chi connectivity index (χ3n) is 5.94. The third kappa shape index (κ3) is 4.76. The van der Waals surface area contributed by atoms with Crippen LogP contribution < -0.4 is 0 Å². The molecular formula is C29H23NO4S2. The summed E-state index contributed by atoms with van der Waals surface area (Å²) in [6.45, 7) is 3.29. The first-order valence-electron chi connectivity index (χ1n) is 11.7. The number of thioether (sulfide) groups is 1. The highest BCUT2D eigenvalue weighted by Crippen LogP contribution is 2.41. The molecule has 0 radical (unpaired) electrons. The van der Waals surface area contributed by atoms with Gasteiger partial charge in [0.1, 0.15) is 5.71 Å². The Hall–Kier alpha value is -3.55. The summed E-state index contributed by atoms with van der Waals surface area (Å²) in [6, 6.07) is 19.4.